The molecule has 104 valence electrons. The number of benzene rings is 1. The Kier molecular flexibility index (Phi) is 6.30. The maximum absolute atomic E-state index is 10.6. The average Bonchev–Trinajstić information content (AvgIpc) is 2.34. The topological polar surface area (TPSA) is 46.5 Å². The van der Waals surface area contributed by atoms with Gasteiger partial charge in [0, 0.05) is 6.08 Å². The summed E-state index contributed by atoms with van der Waals surface area (Å²) in [6.07, 6.45) is 3.98. The first-order valence-corrected chi connectivity index (χ1v) is 6.59. The number of rotatable bonds is 7. The van der Waals surface area contributed by atoms with Crippen LogP contribution in [0.15, 0.2) is 30.3 Å². The molecule has 0 spiro atoms. The van der Waals surface area contributed by atoms with Gasteiger partial charge in [-0.05, 0) is 36.5 Å². The Balaban J connectivity index is 2.65. The molecule has 0 amide bonds. The van der Waals surface area contributed by atoms with Crippen LogP contribution in [0.25, 0.3) is 6.08 Å². The molecule has 0 aromatic heterocycles. The van der Waals surface area contributed by atoms with E-state index in [1.165, 1.54) is 0 Å². The Labute approximate surface area is 114 Å². The number of carboxylic acid groups (broad SMARTS) is 1. The van der Waals surface area contributed by atoms with E-state index in [1.807, 2.05) is 24.3 Å². The van der Waals surface area contributed by atoms with Crippen molar-refractivity contribution < 1.29 is 14.6 Å². The molecule has 1 unspecified atom stereocenters. The standard InChI is InChI=1S/C16H22O3/c1-12(2)10-13(3)19-11-15-7-5-4-6-14(15)8-9-16(17)18/h4-9,12-13H,10-11H2,1-3H3,(H,17,18). The van der Waals surface area contributed by atoms with Crippen LogP contribution in [0.4, 0.5) is 0 Å². The number of carboxylic acids is 1. The Hall–Kier alpha value is -1.61. The Bertz CT molecular complexity index is 435. The molecule has 0 aliphatic carbocycles. The molecule has 19 heavy (non-hydrogen) atoms. The van der Waals surface area contributed by atoms with Crippen molar-refractivity contribution in [1.82, 2.24) is 0 Å². The Morgan fingerprint density at radius 3 is 2.63 bits per heavy atom. The van der Waals surface area contributed by atoms with E-state index in [1.54, 1.807) is 6.08 Å². The van der Waals surface area contributed by atoms with Crippen LogP contribution in [0.5, 0.6) is 0 Å². The zero-order chi connectivity index (χ0) is 14.3. The third-order valence-corrected chi connectivity index (χ3v) is 2.79. The van der Waals surface area contributed by atoms with Crippen molar-refractivity contribution in [2.45, 2.75) is 39.9 Å². The lowest BCUT2D eigenvalue weighted by atomic mass is 10.1. The molecule has 0 aliphatic rings. The highest BCUT2D eigenvalue weighted by atomic mass is 16.5. The quantitative estimate of drug-likeness (QED) is 0.761. The van der Waals surface area contributed by atoms with Crippen molar-refractivity contribution in [3.63, 3.8) is 0 Å². The number of hydrogen-bond acceptors (Lipinski definition) is 2. The van der Waals surface area contributed by atoms with Crippen LogP contribution in [0, 0.1) is 5.92 Å². The van der Waals surface area contributed by atoms with Gasteiger partial charge in [-0.15, -0.1) is 0 Å². The zero-order valence-corrected chi connectivity index (χ0v) is 11.8. The summed E-state index contributed by atoms with van der Waals surface area (Å²) in [5.41, 5.74) is 1.90. The van der Waals surface area contributed by atoms with Gasteiger partial charge in [0.25, 0.3) is 0 Å². The van der Waals surface area contributed by atoms with E-state index in [0.29, 0.717) is 12.5 Å². The molecule has 3 heteroatoms. The van der Waals surface area contributed by atoms with Crippen molar-refractivity contribution in [2.24, 2.45) is 5.92 Å². The van der Waals surface area contributed by atoms with Gasteiger partial charge in [0.2, 0.25) is 0 Å². The van der Waals surface area contributed by atoms with E-state index in [0.717, 1.165) is 23.6 Å². The van der Waals surface area contributed by atoms with Gasteiger partial charge >= 0.3 is 5.97 Å². The van der Waals surface area contributed by atoms with Gasteiger partial charge in [0.1, 0.15) is 0 Å². The molecule has 0 saturated carbocycles. The summed E-state index contributed by atoms with van der Waals surface area (Å²) in [6.45, 7) is 6.91. The molecular weight excluding hydrogens is 240 g/mol. The van der Waals surface area contributed by atoms with E-state index < -0.39 is 5.97 Å². The minimum absolute atomic E-state index is 0.205. The minimum atomic E-state index is -0.941. The summed E-state index contributed by atoms with van der Waals surface area (Å²) in [5, 5.41) is 8.66. The summed E-state index contributed by atoms with van der Waals surface area (Å²) < 4.78 is 5.81. The van der Waals surface area contributed by atoms with Crippen LogP contribution < -0.4 is 0 Å². The van der Waals surface area contributed by atoms with Crippen molar-refractivity contribution in [3.8, 4) is 0 Å². The smallest absolute Gasteiger partial charge is 0.328 e. The molecule has 1 atom stereocenters. The third kappa shape index (κ3) is 6.20. The fraction of sp³-hybridized carbons (Fsp3) is 0.438. The van der Waals surface area contributed by atoms with Gasteiger partial charge in [0.05, 0.1) is 12.7 Å². The van der Waals surface area contributed by atoms with Crippen LogP contribution >= 0.6 is 0 Å². The highest BCUT2D eigenvalue weighted by Gasteiger charge is 2.07. The normalized spacial score (nSPS) is 13.1. The monoisotopic (exact) mass is 262 g/mol. The first kappa shape index (κ1) is 15.4. The van der Waals surface area contributed by atoms with Crippen LogP contribution in [0.3, 0.4) is 0 Å². The van der Waals surface area contributed by atoms with Gasteiger partial charge in [0.15, 0.2) is 0 Å². The fourth-order valence-electron chi connectivity index (χ4n) is 1.95. The molecule has 1 aromatic rings. The van der Waals surface area contributed by atoms with Gasteiger partial charge in [-0.1, -0.05) is 38.1 Å². The summed E-state index contributed by atoms with van der Waals surface area (Å²) in [6, 6.07) is 7.68. The zero-order valence-electron chi connectivity index (χ0n) is 11.8. The second kappa shape index (κ2) is 7.74. The summed E-state index contributed by atoms with van der Waals surface area (Å²) in [7, 11) is 0. The summed E-state index contributed by atoms with van der Waals surface area (Å²) in [4.78, 5) is 10.6. The number of carbonyl (C=O) groups is 1. The second-order valence-corrected chi connectivity index (χ2v) is 5.12. The third-order valence-electron chi connectivity index (χ3n) is 2.79. The summed E-state index contributed by atoms with van der Waals surface area (Å²) >= 11 is 0. The molecule has 3 nitrogen and oxygen atoms in total. The average molecular weight is 262 g/mol. The van der Waals surface area contributed by atoms with E-state index in [2.05, 4.69) is 20.8 Å². The lowest BCUT2D eigenvalue weighted by molar-refractivity contribution is -0.131. The predicted molar refractivity (Wildman–Crippen MR) is 76.8 cm³/mol. The maximum atomic E-state index is 10.6. The second-order valence-electron chi connectivity index (χ2n) is 5.12. The fourth-order valence-corrected chi connectivity index (χ4v) is 1.95. The van der Waals surface area contributed by atoms with Gasteiger partial charge in [-0.25, -0.2) is 4.79 Å². The maximum Gasteiger partial charge on any atom is 0.328 e. The van der Waals surface area contributed by atoms with E-state index in [4.69, 9.17) is 9.84 Å². The molecule has 1 rings (SSSR count). The largest absolute Gasteiger partial charge is 0.478 e. The molecule has 1 aromatic carbocycles. The first-order valence-electron chi connectivity index (χ1n) is 6.59. The van der Waals surface area contributed by atoms with Crippen molar-refractivity contribution in [1.29, 1.82) is 0 Å². The summed E-state index contributed by atoms with van der Waals surface area (Å²) in [5.74, 6) is -0.332. The molecule has 0 saturated heterocycles. The molecule has 0 heterocycles. The van der Waals surface area contributed by atoms with Crippen LogP contribution in [0.1, 0.15) is 38.3 Å². The molecule has 0 radical (unpaired) electrons. The number of ether oxygens (including phenoxy) is 1. The van der Waals surface area contributed by atoms with Gasteiger partial charge in [-0.2, -0.15) is 0 Å². The molecule has 0 fully saturated rings. The van der Waals surface area contributed by atoms with Crippen molar-refractivity contribution in [3.05, 3.63) is 41.5 Å². The van der Waals surface area contributed by atoms with Crippen LogP contribution in [0.2, 0.25) is 0 Å². The number of hydrogen-bond donors (Lipinski definition) is 1. The van der Waals surface area contributed by atoms with E-state index >= 15 is 0 Å². The molecular formula is C16H22O3. The molecule has 0 bridgehead atoms. The number of aliphatic carboxylic acids is 1. The highest BCUT2D eigenvalue weighted by Crippen LogP contribution is 2.15. The van der Waals surface area contributed by atoms with Crippen molar-refractivity contribution >= 4 is 12.0 Å². The van der Waals surface area contributed by atoms with Gasteiger partial charge in [-0.3, -0.25) is 0 Å². The Morgan fingerprint density at radius 2 is 2.00 bits per heavy atom. The van der Waals surface area contributed by atoms with Crippen LogP contribution in [-0.2, 0) is 16.1 Å². The first-order chi connectivity index (χ1) is 8.99. The molecule has 1 N–H and O–H groups in total. The van der Waals surface area contributed by atoms with Crippen molar-refractivity contribution in [2.75, 3.05) is 0 Å². The van der Waals surface area contributed by atoms with Gasteiger partial charge < -0.3 is 9.84 Å². The lowest BCUT2D eigenvalue weighted by Gasteiger charge is -2.16. The predicted octanol–water partition coefficient (Wildman–Crippen LogP) is 3.74. The van der Waals surface area contributed by atoms with E-state index in [-0.39, 0.29) is 6.10 Å². The lowest BCUT2D eigenvalue weighted by Crippen LogP contribution is -2.11. The van der Waals surface area contributed by atoms with Crippen LogP contribution in [-0.4, -0.2) is 17.2 Å². The Morgan fingerprint density at radius 1 is 1.32 bits per heavy atom. The molecule has 0 aliphatic heterocycles. The minimum Gasteiger partial charge on any atom is -0.478 e. The highest BCUT2D eigenvalue weighted by molar-refractivity contribution is 5.85. The van der Waals surface area contributed by atoms with E-state index in [9.17, 15) is 4.79 Å². The SMILES string of the molecule is CC(C)CC(C)OCc1ccccc1C=CC(=O)O.